The summed E-state index contributed by atoms with van der Waals surface area (Å²) in [4.78, 5) is 35.4. The van der Waals surface area contributed by atoms with Gasteiger partial charge in [-0.1, -0.05) is 48.5 Å². The van der Waals surface area contributed by atoms with Gasteiger partial charge in [-0.2, -0.15) is 5.10 Å². The van der Waals surface area contributed by atoms with Gasteiger partial charge in [-0.05, 0) is 22.3 Å². The molecule has 9 heteroatoms. The van der Waals surface area contributed by atoms with E-state index in [0.29, 0.717) is 0 Å². The van der Waals surface area contributed by atoms with Gasteiger partial charge in [0.2, 0.25) is 5.91 Å². The van der Waals surface area contributed by atoms with Crippen LogP contribution in [0, 0.1) is 0 Å². The first-order valence-corrected chi connectivity index (χ1v) is 10.1. The standard InChI is InChI=1S/C23H22N4O5/c1-27-12-18(22(29)30)21(26-27)25-20(28)10-11-24-23(31)32-13-19-16-8-4-2-6-14(16)15-7-3-5-9-17(15)19/h2-9,12,19H,10-11,13H2,1H3,(H,24,31)(H,29,30)(H,25,26,28). The smallest absolute Gasteiger partial charge is 0.407 e. The van der Waals surface area contributed by atoms with Crippen LogP contribution in [-0.2, 0) is 16.6 Å². The minimum Gasteiger partial charge on any atom is -0.477 e. The fraction of sp³-hybridized carbons (Fsp3) is 0.217. The maximum absolute atomic E-state index is 12.2. The molecule has 9 nitrogen and oxygen atoms in total. The Morgan fingerprint density at radius 3 is 2.31 bits per heavy atom. The van der Waals surface area contributed by atoms with Crippen molar-refractivity contribution in [1.82, 2.24) is 15.1 Å². The summed E-state index contributed by atoms with van der Waals surface area (Å²) in [6.07, 6.45) is 0.621. The molecule has 32 heavy (non-hydrogen) atoms. The lowest BCUT2D eigenvalue weighted by molar-refractivity contribution is -0.116. The third-order valence-corrected chi connectivity index (χ3v) is 5.28. The summed E-state index contributed by atoms with van der Waals surface area (Å²) >= 11 is 0. The highest BCUT2D eigenvalue weighted by Gasteiger charge is 2.29. The van der Waals surface area contributed by atoms with Crippen LogP contribution in [0.4, 0.5) is 10.6 Å². The van der Waals surface area contributed by atoms with Crippen LogP contribution in [0.15, 0.2) is 54.7 Å². The van der Waals surface area contributed by atoms with Crippen molar-refractivity contribution in [2.45, 2.75) is 12.3 Å². The summed E-state index contributed by atoms with van der Waals surface area (Å²) < 4.78 is 6.72. The lowest BCUT2D eigenvalue weighted by Gasteiger charge is -2.14. The van der Waals surface area contributed by atoms with Crippen LogP contribution in [0.1, 0.15) is 33.8 Å². The Kier molecular flexibility index (Phi) is 5.89. The molecule has 0 bridgehead atoms. The molecular weight excluding hydrogens is 412 g/mol. The Morgan fingerprint density at radius 1 is 1.06 bits per heavy atom. The number of hydrogen-bond donors (Lipinski definition) is 3. The summed E-state index contributed by atoms with van der Waals surface area (Å²) in [6, 6.07) is 16.1. The van der Waals surface area contributed by atoms with Crippen molar-refractivity contribution in [2.24, 2.45) is 7.05 Å². The zero-order chi connectivity index (χ0) is 22.7. The Bertz CT molecular complexity index is 1140. The maximum Gasteiger partial charge on any atom is 0.407 e. The molecule has 3 aromatic rings. The van der Waals surface area contributed by atoms with E-state index < -0.39 is 18.0 Å². The van der Waals surface area contributed by atoms with Gasteiger partial charge in [-0.15, -0.1) is 0 Å². The van der Waals surface area contributed by atoms with Gasteiger partial charge in [0.1, 0.15) is 12.2 Å². The van der Waals surface area contributed by atoms with Crippen molar-refractivity contribution in [3.63, 3.8) is 0 Å². The molecule has 1 heterocycles. The Labute approximate surface area is 184 Å². The average molecular weight is 434 g/mol. The van der Waals surface area contributed by atoms with Crippen molar-refractivity contribution >= 4 is 23.8 Å². The normalized spacial score (nSPS) is 12.0. The Balaban J connectivity index is 1.27. The molecule has 0 spiro atoms. The van der Waals surface area contributed by atoms with Crippen LogP contribution in [0.5, 0.6) is 0 Å². The van der Waals surface area contributed by atoms with E-state index in [9.17, 15) is 14.4 Å². The van der Waals surface area contributed by atoms with Gasteiger partial charge in [-0.25, -0.2) is 9.59 Å². The van der Waals surface area contributed by atoms with Gasteiger partial charge in [0.05, 0.1) is 0 Å². The molecule has 2 amide bonds. The van der Waals surface area contributed by atoms with Crippen molar-refractivity contribution in [3.8, 4) is 11.1 Å². The first-order valence-electron chi connectivity index (χ1n) is 10.1. The molecule has 0 saturated heterocycles. The van der Waals surface area contributed by atoms with Gasteiger partial charge in [0, 0.05) is 32.1 Å². The number of benzene rings is 2. The molecule has 1 aliphatic rings. The minimum absolute atomic E-state index is 0.0360. The van der Waals surface area contributed by atoms with E-state index in [1.54, 1.807) is 7.05 Å². The second kappa shape index (κ2) is 8.93. The van der Waals surface area contributed by atoms with E-state index in [2.05, 4.69) is 27.9 Å². The number of carbonyl (C=O) groups is 3. The van der Waals surface area contributed by atoms with Crippen molar-refractivity contribution in [2.75, 3.05) is 18.5 Å². The number of nitrogens with zero attached hydrogens (tertiary/aromatic N) is 2. The summed E-state index contributed by atoms with van der Waals surface area (Å²) in [5.74, 6) is -1.74. The van der Waals surface area contributed by atoms with Gasteiger partial charge >= 0.3 is 12.1 Å². The summed E-state index contributed by atoms with van der Waals surface area (Å²) in [5, 5.41) is 18.0. The second-order valence-corrected chi connectivity index (χ2v) is 7.42. The molecule has 1 aromatic heterocycles. The molecular formula is C23H22N4O5. The number of anilines is 1. The first kappa shape index (κ1) is 21.1. The molecule has 0 radical (unpaired) electrons. The summed E-state index contributed by atoms with van der Waals surface area (Å²) in [5.41, 5.74) is 4.41. The molecule has 0 aliphatic heterocycles. The molecule has 1 aliphatic carbocycles. The highest BCUT2D eigenvalue weighted by Crippen LogP contribution is 2.44. The monoisotopic (exact) mass is 434 g/mol. The first-order chi connectivity index (χ1) is 15.4. The maximum atomic E-state index is 12.2. The number of aromatic carboxylic acids is 1. The lowest BCUT2D eigenvalue weighted by atomic mass is 9.98. The van der Waals surface area contributed by atoms with Crippen LogP contribution in [0.2, 0.25) is 0 Å². The van der Waals surface area contributed by atoms with E-state index in [-0.39, 0.29) is 36.9 Å². The predicted octanol–water partition coefficient (Wildman–Crippen LogP) is 2.99. The molecule has 164 valence electrons. The van der Waals surface area contributed by atoms with Crippen molar-refractivity contribution in [3.05, 3.63) is 71.4 Å². The Hall–Kier alpha value is -4.14. The van der Waals surface area contributed by atoms with Gasteiger partial charge in [0.15, 0.2) is 5.82 Å². The highest BCUT2D eigenvalue weighted by atomic mass is 16.5. The van der Waals surface area contributed by atoms with Crippen LogP contribution < -0.4 is 10.6 Å². The van der Waals surface area contributed by atoms with E-state index in [4.69, 9.17) is 9.84 Å². The van der Waals surface area contributed by atoms with Gasteiger partial charge in [-0.3, -0.25) is 9.48 Å². The largest absolute Gasteiger partial charge is 0.477 e. The van der Waals surface area contributed by atoms with Gasteiger partial charge < -0.3 is 20.5 Å². The number of amides is 2. The number of carboxylic acids is 1. The van der Waals surface area contributed by atoms with E-state index in [0.717, 1.165) is 22.3 Å². The molecule has 0 atom stereocenters. The number of ether oxygens (including phenoxy) is 1. The second-order valence-electron chi connectivity index (χ2n) is 7.42. The van der Waals surface area contributed by atoms with E-state index >= 15 is 0 Å². The number of aromatic nitrogens is 2. The van der Waals surface area contributed by atoms with Crippen LogP contribution in [0.25, 0.3) is 11.1 Å². The fourth-order valence-electron chi connectivity index (χ4n) is 3.86. The predicted molar refractivity (Wildman–Crippen MR) is 116 cm³/mol. The van der Waals surface area contributed by atoms with Crippen LogP contribution in [-0.4, -0.2) is 46.0 Å². The minimum atomic E-state index is -1.19. The van der Waals surface area contributed by atoms with Crippen molar-refractivity contribution in [1.29, 1.82) is 0 Å². The molecule has 2 aromatic carbocycles. The van der Waals surface area contributed by atoms with E-state index in [1.165, 1.54) is 10.9 Å². The molecule has 4 rings (SSSR count). The molecule has 0 fully saturated rings. The third-order valence-electron chi connectivity index (χ3n) is 5.28. The molecule has 0 saturated carbocycles. The van der Waals surface area contributed by atoms with Crippen molar-refractivity contribution < 1.29 is 24.2 Å². The number of aryl methyl sites for hydroxylation is 1. The van der Waals surface area contributed by atoms with Crippen LogP contribution >= 0.6 is 0 Å². The SMILES string of the molecule is Cn1cc(C(=O)O)c(NC(=O)CCNC(=O)OCC2c3ccccc3-c3ccccc32)n1. The molecule has 3 N–H and O–H groups in total. The fourth-order valence-corrected chi connectivity index (χ4v) is 3.86. The number of carboxylic acid groups (broad SMARTS) is 1. The summed E-state index contributed by atoms with van der Waals surface area (Å²) in [7, 11) is 1.56. The summed E-state index contributed by atoms with van der Waals surface area (Å²) in [6.45, 7) is 0.222. The van der Waals surface area contributed by atoms with E-state index in [1.807, 2.05) is 36.4 Å². The topological polar surface area (TPSA) is 123 Å². The number of nitrogens with one attached hydrogen (secondary N) is 2. The quantitative estimate of drug-likeness (QED) is 0.525. The third kappa shape index (κ3) is 4.31. The number of hydrogen-bond acceptors (Lipinski definition) is 5. The molecule has 0 unspecified atom stereocenters. The number of carbonyl (C=O) groups excluding carboxylic acids is 2. The Morgan fingerprint density at radius 2 is 1.69 bits per heavy atom. The van der Waals surface area contributed by atoms with Gasteiger partial charge in [0.25, 0.3) is 0 Å². The zero-order valence-corrected chi connectivity index (χ0v) is 17.4. The lowest BCUT2D eigenvalue weighted by Crippen LogP contribution is -2.29. The van der Waals surface area contributed by atoms with Crippen LogP contribution in [0.3, 0.4) is 0 Å². The highest BCUT2D eigenvalue weighted by molar-refractivity contribution is 5.99. The number of alkyl carbamates (subject to hydrolysis) is 1. The number of fused-ring (bicyclic) bond motifs is 3. The number of rotatable bonds is 7. The average Bonchev–Trinajstić information content (AvgIpc) is 3.30. The zero-order valence-electron chi connectivity index (χ0n) is 17.4.